The molecule has 12 nitrogen and oxygen atoms in total. The second-order valence-corrected chi connectivity index (χ2v) is 15.5. The zero-order valence-corrected chi connectivity index (χ0v) is 29.0. The molecular weight excluding hydrogens is 606 g/mol. The Kier molecular flexibility index (Phi) is 10.3. The van der Waals surface area contributed by atoms with E-state index >= 15 is 0 Å². The van der Waals surface area contributed by atoms with E-state index in [0.29, 0.717) is 52.1 Å². The molecule has 1 spiro atoms. The third-order valence-electron chi connectivity index (χ3n) is 10.2. The average Bonchev–Trinajstić information content (AvgIpc) is 3.32. The molecule has 3 saturated heterocycles. The molecule has 254 valence electrons. The molecule has 0 radical (unpaired) electrons. The number of unbranched alkanes of at least 4 members (excludes halogenated alkanes) is 1. The number of sulfonamides is 1. The Morgan fingerprint density at radius 1 is 1.02 bits per heavy atom. The Hall–Kier alpha value is -2.84. The number of piperazine rings is 2. The standard InChI is InChI=1S/C33H51N7O5S/c1-7-8-15-39-31(42)29(30(41)23(2)3)34-32(43)33(39)13-16-37(17-14-33)22-28-24(4)35-40(25(28)5)26-9-11-27(12-10-26)46(44,45)38-20-18-36(6)19-21-38/h9-12,23,29-30,41H,7-8,13-22H2,1-6H3,(H,34,43). The van der Waals surface area contributed by atoms with E-state index in [9.17, 15) is 23.1 Å². The van der Waals surface area contributed by atoms with Gasteiger partial charge in [0.05, 0.1) is 22.4 Å². The van der Waals surface area contributed by atoms with Gasteiger partial charge in [-0.25, -0.2) is 13.1 Å². The van der Waals surface area contributed by atoms with E-state index in [1.54, 1.807) is 21.3 Å². The van der Waals surface area contributed by atoms with Gasteiger partial charge in [-0.1, -0.05) is 27.2 Å². The van der Waals surface area contributed by atoms with Crippen molar-refractivity contribution in [3.63, 3.8) is 0 Å². The lowest BCUT2D eigenvalue weighted by molar-refractivity contribution is -0.165. The summed E-state index contributed by atoms with van der Waals surface area (Å²) in [5.74, 6) is -0.498. The van der Waals surface area contributed by atoms with Crippen molar-refractivity contribution in [2.24, 2.45) is 5.92 Å². The summed E-state index contributed by atoms with van der Waals surface area (Å²) < 4.78 is 29.8. The number of aliphatic hydroxyl groups is 1. The molecule has 2 aromatic rings. The predicted molar refractivity (Wildman–Crippen MR) is 176 cm³/mol. The summed E-state index contributed by atoms with van der Waals surface area (Å²) in [6.45, 7) is 14.6. The number of likely N-dealkylation sites (tertiary alicyclic amines) is 1. The van der Waals surface area contributed by atoms with Crippen LogP contribution in [0.5, 0.6) is 0 Å². The van der Waals surface area contributed by atoms with Gasteiger partial charge in [0.2, 0.25) is 21.8 Å². The van der Waals surface area contributed by atoms with Crippen molar-refractivity contribution in [2.45, 2.75) is 89.4 Å². The highest BCUT2D eigenvalue weighted by Crippen LogP contribution is 2.35. The number of piperidine rings is 1. The minimum atomic E-state index is -3.55. The number of rotatable bonds is 10. The Labute approximate surface area is 273 Å². The summed E-state index contributed by atoms with van der Waals surface area (Å²) in [7, 11) is -1.55. The molecule has 3 aliphatic rings. The SMILES string of the molecule is CCCCN1C(=O)C(C(O)C(C)C)NC(=O)C12CCN(Cc1c(C)nn(-c3ccc(S(=O)(=O)N4CCN(C)CC4)cc3)c1C)CC2. The summed E-state index contributed by atoms with van der Waals surface area (Å²) in [6.07, 6.45) is 1.82. The second kappa shape index (κ2) is 13.7. The highest BCUT2D eigenvalue weighted by atomic mass is 32.2. The lowest BCUT2D eigenvalue weighted by atomic mass is 9.80. The van der Waals surface area contributed by atoms with E-state index in [-0.39, 0.29) is 22.6 Å². The first-order valence-electron chi connectivity index (χ1n) is 16.7. The van der Waals surface area contributed by atoms with Crippen LogP contribution < -0.4 is 5.32 Å². The van der Waals surface area contributed by atoms with E-state index in [0.717, 1.165) is 48.6 Å². The molecule has 0 saturated carbocycles. The Morgan fingerprint density at radius 2 is 1.65 bits per heavy atom. The molecule has 0 aliphatic carbocycles. The molecule has 2 amide bonds. The van der Waals surface area contributed by atoms with Crippen LogP contribution in [0.25, 0.3) is 5.69 Å². The predicted octanol–water partition coefficient (Wildman–Crippen LogP) is 1.90. The van der Waals surface area contributed by atoms with Gasteiger partial charge in [0.25, 0.3) is 0 Å². The van der Waals surface area contributed by atoms with Crippen molar-refractivity contribution in [2.75, 3.05) is 52.9 Å². The largest absolute Gasteiger partial charge is 0.390 e. The van der Waals surface area contributed by atoms with Crippen LogP contribution in [0, 0.1) is 19.8 Å². The fourth-order valence-corrected chi connectivity index (χ4v) is 8.41. The third-order valence-corrected chi connectivity index (χ3v) is 12.1. The topological polar surface area (TPSA) is 131 Å². The first-order chi connectivity index (χ1) is 21.8. The van der Waals surface area contributed by atoms with Gasteiger partial charge in [0.15, 0.2) is 0 Å². The maximum Gasteiger partial charge on any atom is 0.248 e. The van der Waals surface area contributed by atoms with Crippen molar-refractivity contribution < 1.29 is 23.1 Å². The van der Waals surface area contributed by atoms with E-state index in [1.165, 1.54) is 0 Å². The van der Waals surface area contributed by atoms with E-state index in [2.05, 4.69) is 22.0 Å². The average molecular weight is 658 g/mol. The van der Waals surface area contributed by atoms with Gasteiger partial charge < -0.3 is 20.2 Å². The van der Waals surface area contributed by atoms with Crippen LogP contribution >= 0.6 is 0 Å². The van der Waals surface area contributed by atoms with Gasteiger partial charge in [0, 0.05) is 63.6 Å². The number of hydrogen-bond donors (Lipinski definition) is 2. The smallest absolute Gasteiger partial charge is 0.248 e. The van der Waals surface area contributed by atoms with Gasteiger partial charge >= 0.3 is 0 Å². The van der Waals surface area contributed by atoms with E-state index in [4.69, 9.17) is 5.10 Å². The Bertz CT molecular complexity index is 1510. The molecule has 4 heterocycles. The molecule has 3 aliphatic heterocycles. The Morgan fingerprint density at radius 3 is 2.24 bits per heavy atom. The minimum Gasteiger partial charge on any atom is -0.390 e. The van der Waals surface area contributed by atoms with Crippen molar-refractivity contribution in [3.8, 4) is 5.69 Å². The minimum absolute atomic E-state index is 0.154. The molecule has 0 bridgehead atoms. The maximum atomic E-state index is 13.7. The normalized spacial score (nSPS) is 22.5. The first-order valence-corrected chi connectivity index (χ1v) is 18.1. The molecule has 2 unspecified atom stereocenters. The van der Waals surface area contributed by atoms with Crippen molar-refractivity contribution in [1.82, 2.24) is 34.1 Å². The molecular formula is C33H51N7O5S. The third kappa shape index (κ3) is 6.49. The molecule has 1 aromatic carbocycles. The summed E-state index contributed by atoms with van der Waals surface area (Å²) in [6, 6.07) is 6.03. The fourth-order valence-electron chi connectivity index (χ4n) is 6.99. The number of aromatic nitrogens is 2. The van der Waals surface area contributed by atoms with E-state index < -0.39 is 27.7 Å². The van der Waals surface area contributed by atoms with E-state index in [1.807, 2.05) is 51.6 Å². The molecule has 5 rings (SSSR count). The number of nitrogens with zero attached hydrogens (tertiary/aromatic N) is 6. The number of carbonyl (C=O) groups is 2. The van der Waals surface area contributed by atoms with Gasteiger partial charge in [-0.15, -0.1) is 0 Å². The number of likely N-dealkylation sites (N-methyl/N-ethyl adjacent to an activating group) is 1. The first kappa shape index (κ1) is 34.5. The quantitative estimate of drug-likeness (QED) is 0.397. The molecule has 2 atom stereocenters. The number of aliphatic hydroxyl groups excluding tert-OH is 1. The molecule has 2 N–H and O–H groups in total. The summed E-state index contributed by atoms with van der Waals surface area (Å²) in [5, 5.41) is 18.4. The van der Waals surface area contributed by atoms with Crippen molar-refractivity contribution in [3.05, 3.63) is 41.2 Å². The van der Waals surface area contributed by atoms with Crippen LogP contribution in [0.1, 0.15) is 63.4 Å². The summed E-state index contributed by atoms with van der Waals surface area (Å²) in [4.78, 5) is 33.8. The van der Waals surface area contributed by atoms with Crippen LogP contribution in [-0.4, -0.2) is 125 Å². The van der Waals surface area contributed by atoms with Gasteiger partial charge in [-0.05, 0) is 70.3 Å². The number of benzene rings is 1. The lowest BCUT2D eigenvalue weighted by Crippen LogP contribution is -2.74. The molecule has 46 heavy (non-hydrogen) atoms. The van der Waals surface area contributed by atoms with Crippen molar-refractivity contribution >= 4 is 21.8 Å². The van der Waals surface area contributed by atoms with Crippen LogP contribution in [0.15, 0.2) is 29.2 Å². The fraction of sp³-hybridized carbons (Fsp3) is 0.667. The monoisotopic (exact) mass is 657 g/mol. The molecule has 3 fully saturated rings. The lowest BCUT2D eigenvalue weighted by Gasteiger charge is -2.52. The number of nitrogens with one attached hydrogen (secondary N) is 1. The maximum absolute atomic E-state index is 13.7. The molecule has 13 heteroatoms. The number of amides is 2. The number of aryl methyl sites for hydroxylation is 1. The van der Waals surface area contributed by atoms with Gasteiger partial charge in [-0.2, -0.15) is 9.40 Å². The van der Waals surface area contributed by atoms with Crippen molar-refractivity contribution in [1.29, 1.82) is 0 Å². The molecule has 1 aromatic heterocycles. The number of carbonyl (C=O) groups excluding carboxylic acids is 2. The van der Waals surface area contributed by atoms with Crippen LogP contribution in [0.3, 0.4) is 0 Å². The second-order valence-electron chi connectivity index (χ2n) is 13.6. The summed E-state index contributed by atoms with van der Waals surface area (Å²) in [5.41, 5.74) is 2.86. The Balaban J connectivity index is 1.28. The number of hydrogen-bond acceptors (Lipinski definition) is 8. The van der Waals surface area contributed by atoms with Crippen LogP contribution in [-0.2, 0) is 26.2 Å². The zero-order chi connectivity index (χ0) is 33.4. The van der Waals surface area contributed by atoms with Gasteiger partial charge in [0.1, 0.15) is 11.6 Å². The van der Waals surface area contributed by atoms with Crippen LogP contribution in [0.4, 0.5) is 0 Å². The van der Waals surface area contributed by atoms with Crippen LogP contribution in [0.2, 0.25) is 0 Å². The zero-order valence-electron chi connectivity index (χ0n) is 28.2. The highest BCUT2D eigenvalue weighted by Gasteiger charge is 2.54. The summed E-state index contributed by atoms with van der Waals surface area (Å²) >= 11 is 0. The van der Waals surface area contributed by atoms with Gasteiger partial charge in [-0.3, -0.25) is 14.5 Å². The highest BCUT2D eigenvalue weighted by molar-refractivity contribution is 7.89.